The van der Waals surface area contributed by atoms with E-state index in [2.05, 4.69) is 10.4 Å². The summed E-state index contributed by atoms with van der Waals surface area (Å²) >= 11 is 0.900. The number of carbonyl (C=O) groups is 3. The maximum atomic E-state index is 12.6. The molecule has 0 saturated carbocycles. The molecule has 0 fully saturated rings. The van der Waals surface area contributed by atoms with Gasteiger partial charge in [-0.3, -0.25) is 24.4 Å². The molecule has 11 nitrogen and oxygen atoms in total. The molecule has 0 atom stereocenters. The first-order valence-corrected chi connectivity index (χ1v) is 9.41. The quantitative estimate of drug-likeness (QED) is 0.409. The highest BCUT2D eigenvalue weighted by atomic mass is 32.1. The summed E-state index contributed by atoms with van der Waals surface area (Å²) in [5.41, 5.74) is -0.476. The van der Waals surface area contributed by atoms with E-state index in [1.54, 1.807) is 21.0 Å². The van der Waals surface area contributed by atoms with Crippen molar-refractivity contribution in [3.8, 4) is 0 Å². The molecule has 0 aliphatic rings. The number of carbonyl (C=O) groups excluding carboxylic acids is 3. The van der Waals surface area contributed by atoms with Gasteiger partial charge in [-0.1, -0.05) is 6.92 Å². The summed E-state index contributed by atoms with van der Waals surface area (Å²) in [6, 6.07) is 0. The molecule has 2 aromatic heterocycles. The van der Waals surface area contributed by atoms with E-state index in [-0.39, 0.29) is 28.0 Å². The molecule has 0 aliphatic carbocycles. The van der Waals surface area contributed by atoms with Crippen LogP contribution in [0.5, 0.6) is 0 Å². The summed E-state index contributed by atoms with van der Waals surface area (Å²) in [5.74, 6) is -1.91. The van der Waals surface area contributed by atoms with Crippen LogP contribution in [-0.2, 0) is 11.8 Å². The number of nitro groups is 1. The third-order valence-corrected chi connectivity index (χ3v) is 5.03. The summed E-state index contributed by atoms with van der Waals surface area (Å²) < 4.78 is 6.31. The molecule has 1 N–H and O–H groups in total. The molecule has 0 radical (unpaired) electrons. The van der Waals surface area contributed by atoms with Gasteiger partial charge < -0.3 is 15.0 Å². The van der Waals surface area contributed by atoms with Crippen LogP contribution in [0.25, 0.3) is 0 Å². The van der Waals surface area contributed by atoms with Crippen molar-refractivity contribution in [2.24, 2.45) is 7.05 Å². The molecule has 12 heteroatoms. The number of thiophene rings is 1. The SMILES string of the molecule is CCCOC(=O)c1c(NC(=O)c2nn(C)cc2[N+](=O)[O-])sc(C(=O)N(C)C)c1C. The number of aromatic nitrogens is 2. The van der Waals surface area contributed by atoms with Gasteiger partial charge in [0.25, 0.3) is 11.8 Å². The Balaban J connectivity index is 2.49. The molecule has 0 unspecified atom stereocenters. The van der Waals surface area contributed by atoms with Gasteiger partial charge in [-0.15, -0.1) is 11.3 Å². The molecule has 2 aromatic rings. The number of ether oxygens (including phenoxy) is 1. The standard InChI is InChI=1S/C17H21N5O6S/c1-6-7-28-17(25)11-9(2)13(16(24)20(3)4)29-15(11)18-14(23)12-10(22(26)27)8-21(5)19-12/h8H,6-7H2,1-5H3,(H,18,23). The van der Waals surface area contributed by atoms with Gasteiger partial charge in [0.05, 0.1) is 22.0 Å². The molecule has 0 bridgehead atoms. The fraction of sp³-hybridized carbons (Fsp3) is 0.412. The smallest absolute Gasteiger partial charge is 0.341 e. The van der Waals surface area contributed by atoms with Gasteiger partial charge in [0, 0.05) is 21.1 Å². The largest absolute Gasteiger partial charge is 0.462 e. The molecule has 0 aromatic carbocycles. The zero-order valence-electron chi connectivity index (χ0n) is 16.6. The normalized spacial score (nSPS) is 10.5. The summed E-state index contributed by atoms with van der Waals surface area (Å²) in [4.78, 5) is 49.6. The Morgan fingerprint density at radius 3 is 2.59 bits per heavy atom. The van der Waals surface area contributed by atoms with E-state index in [9.17, 15) is 24.5 Å². The van der Waals surface area contributed by atoms with E-state index in [0.29, 0.717) is 12.0 Å². The van der Waals surface area contributed by atoms with Crippen LogP contribution in [0, 0.1) is 17.0 Å². The lowest BCUT2D eigenvalue weighted by atomic mass is 10.1. The van der Waals surface area contributed by atoms with Crippen LogP contribution in [0.3, 0.4) is 0 Å². The van der Waals surface area contributed by atoms with Crippen molar-refractivity contribution in [2.45, 2.75) is 20.3 Å². The van der Waals surface area contributed by atoms with Gasteiger partial charge in [-0.25, -0.2) is 4.79 Å². The first-order chi connectivity index (χ1) is 13.6. The maximum Gasteiger partial charge on any atom is 0.341 e. The zero-order chi connectivity index (χ0) is 21.9. The average Bonchev–Trinajstić information content (AvgIpc) is 3.19. The molecular formula is C17H21N5O6S. The zero-order valence-corrected chi connectivity index (χ0v) is 17.5. The number of esters is 1. The predicted molar refractivity (Wildman–Crippen MR) is 105 cm³/mol. The Morgan fingerprint density at radius 1 is 1.38 bits per heavy atom. The van der Waals surface area contributed by atoms with Gasteiger partial charge in [-0.05, 0) is 18.9 Å². The van der Waals surface area contributed by atoms with Crippen molar-refractivity contribution in [3.05, 3.63) is 38.0 Å². The van der Waals surface area contributed by atoms with Gasteiger partial charge in [-0.2, -0.15) is 5.10 Å². The number of hydrogen-bond donors (Lipinski definition) is 1. The van der Waals surface area contributed by atoms with Gasteiger partial charge in [0.2, 0.25) is 5.69 Å². The van der Waals surface area contributed by atoms with Crippen LogP contribution in [0.2, 0.25) is 0 Å². The Hall–Kier alpha value is -3.28. The van der Waals surface area contributed by atoms with Crippen LogP contribution in [-0.4, -0.2) is 58.1 Å². The molecule has 2 heterocycles. The molecule has 2 rings (SSSR count). The van der Waals surface area contributed by atoms with Crippen molar-refractivity contribution in [1.82, 2.24) is 14.7 Å². The van der Waals surface area contributed by atoms with Crippen LogP contribution in [0.4, 0.5) is 10.7 Å². The average molecular weight is 423 g/mol. The second kappa shape index (κ2) is 8.82. The van der Waals surface area contributed by atoms with E-state index in [1.807, 2.05) is 6.92 Å². The number of aryl methyl sites for hydroxylation is 1. The number of hydrogen-bond acceptors (Lipinski definition) is 8. The van der Waals surface area contributed by atoms with Crippen LogP contribution in [0.1, 0.15) is 49.4 Å². The summed E-state index contributed by atoms with van der Waals surface area (Å²) in [5, 5.41) is 17.5. The Bertz CT molecular complexity index is 977. The van der Waals surface area contributed by atoms with Crippen molar-refractivity contribution in [3.63, 3.8) is 0 Å². The van der Waals surface area contributed by atoms with Gasteiger partial charge >= 0.3 is 11.7 Å². The fourth-order valence-electron chi connectivity index (χ4n) is 2.45. The van der Waals surface area contributed by atoms with E-state index < -0.39 is 28.2 Å². The second-order valence-electron chi connectivity index (χ2n) is 6.34. The Kier molecular flexibility index (Phi) is 6.69. The highest BCUT2D eigenvalue weighted by Crippen LogP contribution is 2.35. The maximum absolute atomic E-state index is 12.6. The molecule has 0 saturated heterocycles. The highest BCUT2D eigenvalue weighted by molar-refractivity contribution is 7.18. The lowest BCUT2D eigenvalue weighted by molar-refractivity contribution is -0.385. The van der Waals surface area contributed by atoms with E-state index >= 15 is 0 Å². The third-order valence-electron chi connectivity index (χ3n) is 3.84. The lowest BCUT2D eigenvalue weighted by Crippen LogP contribution is -2.21. The molecule has 156 valence electrons. The summed E-state index contributed by atoms with van der Waals surface area (Å²) in [7, 11) is 4.57. The second-order valence-corrected chi connectivity index (χ2v) is 7.36. The first-order valence-electron chi connectivity index (χ1n) is 8.60. The fourth-order valence-corrected chi connectivity index (χ4v) is 3.67. The molecule has 0 spiro atoms. The molecular weight excluding hydrogens is 402 g/mol. The molecule has 2 amide bonds. The van der Waals surface area contributed by atoms with Crippen LogP contribution in [0.15, 0.2) is 6.20 Å². The highest BCUT2D eigenvalue weighted by Gasteiger charge is 2.30. The van der Waals surface area contributed by atoms with E-state index in [0.717, 1.165) is 22.2 Å². The summed E-state index contributed by atoms with van der Waals surface area (Å²) in [6.45, 7) is 3.58. The van der Waals surface area contributed by atoms with Crippen molar-refractivity contribution >= 4 is 39.8 Å². The molecule has 29 heavy (non-hydrogen) atoms. The Morgan fingerprint density at radius 2 is 2.03 bits per heavy atom. The number of rotatable bonds is 7. The van der Waals surface area contributed by atoms with E-state index in [4.69, 9.17) is 4.74 Å². The summed E-state index contributed by atoms with van der Waals surface area (Å²) in [6.07, 6.45) is 1.70. The minimum Gasteiger partial charge on any atom is -0.462 e. The van der Waals surface area contributed by atoms with Crippen molar-refractivity contribution < 1.29 is 24.0 Å². The monoisotopic (exact) mass is 423 g/mol. The van der Waals surface area contributed by atoms with Gasteiger partial charge in [0.15, 0.2) is 0 Å². The third kappa shape index (κ3) is 4.59. The lowest BCUT2D eigenvalue weighted by Gasteiger charge is -2.09. The number of nitrogens with one attached hydrogen (secondary N) is 1. The van der Waals surface area contributed by atoms with Crippen molar-refractivity contribution in [1.29, 1.82) is 0 Å². The topological polar surface area (TPSA) is 137 Å². The van der Waals surface area contributed by atoms with E-state index in [1.165, 1.54) is 11.9 Å². The van der Waals surface area contributed by atoms with Gasteiger partial charge in [0.1, 0.15) is 11.2 Å². The predicted octanol–water partition coefficient (Wildman–Crippen LogP) is 2.22. The number of amides is 2. The van der Waals surface area contributed by atoms with Crippen LogP contribution < -0.4 is 5.32 Å². The Labute approximate surface area is 170 Å². The first kappa shape index (κ1) is 22.0. The number of anilines is 1. The van der Waals surface area contributed by atoms with Crippen molar-refractivity contribution in [2.75, 3.05) is 26.0 Å². The number of nitrogens with zero attached hydrogens (tertiary/aromatic N) is 4. The minimum atomic E-state index is -0.869. The molecule has 0 aliphatic heterocycles. The van der Waals surface area contributed by atoms with Crippen LogP contribution >= 0.6 is 11.3 Å². The minimum absolute atomic E-state index is 0.0422.